The number of alkyl halides is 3. The molecule has 3 aromatic rings. The van der Waals surface area contributed by atoms with Crippen LogP contribution < -0.4 is 9.47 Å². The maximum absolute atomic E-state index is 14.3. The van der Waals surface area contributed by atoms with Crippen LogP contribution in [-0.4, -0.2) is 28.3 Å². The molecule has 5 rings (SSSR count). The smallest absolute Gasteiger partial charge is 0.423 e. The molecule has 2 saturated carbocycles. The second-order valence-corrected chi connectivity index (χ2v) is 8.28. The predicted octanol–water partition coefficient (Wildman–Crippen LogP) is 5.03. The first-order valence-electron chi connectivity index (χ1n) is 10.3. The second kappa shape index (κ2) is 7.39. The summed E-state index contributed by atoms with van der Waals surface area (Å²) in [4.78, 5) is 0. The van der Waals surface area contributed by atoms with E-state index in [4.69, 9.17) is 9.47 Å². The van der Waals surface area contributed by atoms with Crippen LogP contribution in [0.3, 0.4) is 0 Å². The molecule has 0 unspecified atom stereocenters. The molecule has 2 aliphatic rings. The Bertz CT molecular complexity index is 1120. The maximum Gasteiger partial charge on any atom is 0.423 e. The summed E-state index contributed by atoms with van der Waals surface area (Å²) in [6.45, 7) is 0.0461. The van der Waals surface area contributed by atoms with Crippen LogP contribution in [0.25, 0.3) is 5.65 Å². The van der Waals surface area contributed by atoms with Gasteiger partial charge in [0, 0.05) is 24.1 Å². The van der Waals surface area contributed by atoms with Gasteiger partial charge in [0.15, 0.2) is 5.65 Å². The normalized spacial score (nSPS) is 20.8. The third kappa shape index (κ3) is 3.81. The Hall–Kier alpha value is -2.84. The van der Waals surface area contributed by atoms with E-state index in [9.17, 15) is 17.6 Å². The van der Waals surface area contributed by atoms with Crippen molar-refractivity contribution in [3.8, 4) is 11.5 Å². The lowest BCUT2D eigenvalue weighted by Gasteiger charge is -2.15. The number of hydrogen-bond acceptors (Lipinski definition) is 4. The summed E-state index contributed by atoms with van der Waals surface area (Å²) >= 11 is 0. The number of fused-ring (bicyclic) bond motifs is 1. The van der Waals surface area contributed by atoms with Crippen molar-refractivity contribution in [2.75, 3.05) is 13.7 Å². The fraction of sp³-hybridized carbons (Fsp3) is 0.455. The fourth-order valence-electron chi connectivity index (χ4n) is 4.13. The minimum absolute atomic E-state index is 0.0461. The fourth-order valence-corrected chi connectivity index (χ4v) is 4.13. The van der Waals surface area contributed by atoms with Gasteiger partial charge in [-0.25, -0.2) is 4.39 Å². The highest BCUT2D eigenvalue weighted by molar-refractivity contribution is 5.57. The van der Waals surface area contributed by atoms with Gasteiger partial charge >= 0.3 is 6.18 Å². The number of benzene rings is 1. The molecule has 9 heteroatoms. The van der Waals surface area contributed by atoms with Crippen LogP contribution in [0.4, 0.5) is 17.6 Å². The third-order valence-corrected chi connectivity index (χ3v) is 6.04. The van der Waals surface area contributed by atoms with Gasteiger partial charge in [0.05, 0.1) is 13.7 Å². The molecule has 2 atom stereocenters. The lowest BCUT2D eigenvalue weighted by atomic mass is 10.1. The van der Waals surface area contributed by atoms with Crippen LogP contribution >= 0.6 is 0 Å². The zero-order valence-electron chi connectivity index (χ0n) is 16.8. The summed E-state index contributed by atoms with van der Waals surface area (Å²) in [5.74, 6) is 0.547. The minimum atomic E-state index is -4.64. The van der Waals surface area contributed by atoms with Crippen molar-refractivity contribution in [1.29, 1.82) is 0 Å². The van der Waals surface area contributed by atoms with Crippen molar-refractivity contribution in [2.24, 2.45) is 11.8 Å². The van der Waals surface area contributed by atoms with E-state index in [2.05, 4.69) is 10.2 Å². The van der Waals surface area contributed by atoms with Gasteiger partial charge in [-0.15, -0.1) is 10.2 Å². The Balaban J connectivity index is 1.38. The average molecular weight is 435 g/mol. The number of methoxy groups -OCH3 is 1. The topological polar surface area (TPSA) is 48.7 Å². The van der Waals surface area contributed by atoms with Crippen LogP contribution in [0.15, 0.2) is 30.5 Å². The lowest BCUT2D eigenvalue weighted by molar-refractivity contribution is -0.138. The van der Waals surface area contributed by atoms with Gasteiger partial charge in [0.25, 0.3) is 0 Å². The first-order chi connectivity index (χ1) is 14.9. The van der Waals surface area contributed by atoms with Crippen molar-refractivity contribution in [1.82, 2.24) is 14.6 Å². The molecule has 2 aliphatic carbocycles. The summed E-state index contributed by atoms with van der Waals surface area (Å²) in [6, 6.07) is 5.91. The highest BCUT2D eigenvalue weighted by atomic mass is 19.4. The molecule has 0 radical (unpaired) electrons. The number of rotatable bonds is 7. The molecule has 1 aromatic carbocycles. The van der Waals surface area contributed by atoms with E-state index in [-0.39, 0.29) is 35.7 Å². The largest absolute Gasteiger partial charge is 0.496 e. The van der Waals surface area contributed by atoms with Gasteiger partial charge in [-0.2, -0.15) is 13.2 Å². The number of ether oxygens (including phenoxy) is 2. The first kappa shape index (κ1) is 20.1. The van der Waals surface area contributed by atoms with Gasteiger partial charge in [-0.1, -0.05) is 6.07 Å². The summed E-state index contributed by atoms with van der Waals surface area (Å²) in [6.07, 6.45) is 0.265. The van der Waals surface area contributed by atoms with Crippen LogP contribution in [0.5, 0.6) is 11.5 Å². The van der Waals surface area contributed by atoms with E-state index in [1.807, 2.05) is 0 Å². The second-order valence-electron chi connectivity index (χ2n) is 8.28. The van der Waals surface area contributed by atoms with Crippen molar-refractivity contribution >= 4 is 5.65 Å². The molecule has 164 valence electrons. The molecule has 31 heavy (non-hydrogen) atoms. The minimum Gasteiger partial charge on any atom is -0.496 e. The molecule has 0 aliphatic heterocycles. The Morgan fingerprint density at radius 1 is 1.13 bits per heavy atom. The van der Waals surface area contributed by atoms with E-state index in [1.54, 1.807) is 12.1 Å². The third-order valence-electron chi connectivity index (χ3n) is 6.04. The number of hydrogen-bond donors (Lipinski definition) is 0. The zero-order chi connectivity index (χ0) is 21.8. The maximum atomic E-state index is 14.3. The zero-order valence-corrected chi connectivity index (χ0v) is 16.8. The number of nitrogens with zero attached hydrogens (tertiary/aromatic N) is 3. The van der Waals surface area contributed by atoms with Crippen LogP contribution in [0.1, 0.15) is 42.1 Å². The quantitative estimate of drug-likeness (QED) is 0.489. The molecule has 2 fully saturated rings. The highest BCUT2D eigenvalue weighted by Gasteiger charge is 2.44. The molecular weight excluding hydrogens is 414 g/mol. The number of halogens is 4. The summed E-state index contributed by atoms with van der Waals surface area (Å²) in [5, 5.41) is 7.79. The Morgan fingerprint density at radius 3 is 2.65 bits per heavy atom. The van der Waals surface area contributed by atoms with Crippen molar-refractivity contribution in [2.45, 2.75) is 37.8 Å². The van der Waals surface area contributed by atoms with E-state index < -0.39 is 11.7 Å². The van der Waals surface area contributed by atoms with Crippen LogP contribution in [0.2, 0.25) is 0 Å². The predicted molar refractivity (Wildman–Crippen MR) is 104 cm³/mol. The molecule has 0 saturated heterocycles. The Kier molecular flexibility index (Phi) is 4.79. The molecule has 5 nitrogen and oxygen atoms in total. The van der Waals surface area contributed by atoms with Gasteiger partial charge < -0.3 is 9.47 Å². The number of pyridine rings is 1. The van der Waals surface area contributed by atoms with Gasteiger partial charge in [0.1, 0.15) is 28.7 Å². The SMILES string of the molecule is COc1cccc(F)c1[C@@H]1C[C@H]1COc1ccn2c(CC3CC3)nnc2c1C(F)(F)F. The van der Waals surface area contributed by atoms with Gasteiger partial charge in [-0.05, 0) is 49.3 Å². The van der Waals surface area contributed by atoms with Crippen molar-refractivity contribution in [3.05, 3.63) is 53.2 Å². The molecule has 0 spiro atoms. The highest BCUT2D eigenvalue weighted by Crippen LogP contribution is 2.51. The van der Waals surface area contributed by atoms with Crippen molar-refractivity contribution in [3.63, 3.8) is 0 Å². The Labute approximate surface area is 176 Å². The lowest BCUT2D eigenvalue weighted by Crippen LogP contribution is -2.13. The van der Waals surface area contributed by atoms with E-state index in [0.29, 0.717) is 35.9 Å². The molecule has 0 bridgehead atoms. The van der Waals surface area contributed by atoms with E-state index in [0.717, 1.165) is 12.8 Å². The van der Waals surface area contributed by atoms with Gasteiger partial charge in [-0.3, -0.25) is 4.40 Å². The summed E-state index contributed by atoms with van der Waals surface area (Å²) in [5.41, 5.74) is -0.721. The molecular formula is C22H21F4N3O2. The average Bonchev–Trinajstić information content (AvgIpc) is 3.64. The molecule has 0 N–H and O–H groups in total. The van der Waals surface area contributed by atoms with E-state index in [1.165, 1.54) is 29.8 Å². The first-order valence-corrected chi connectivity index (χ1v) is 10.3. The standard InChI is InChI=1S/C22H21F4N3O2/c1-30-16-4-2-3-15(23)19(16)14-10-13(14)11-31-17-7-8-29-18(9-12-5-6-12)27-28-21(29)20(17)22(24,25)26/h2-4,7-8,12-14H,5-6,9-11H2,1H3/t13-,14+/m0/s1. The van der Waals surface area contributed by atoms with Crippen LogP contribution in [-0.2, 0) is 12.6 Å². The number of aromatic nitrogens is 3. The van der Waals surface area contributed by atoms with Crippen molar-refractivity contribution < 1.29 is 27.0 Å². The summed E-state index contributed by atoms with van der Waals surface area (Å²) in [7, 11) is 1.47. The van der Waals surface area contributed by atoms with Gasteiger partial charge in [0.2, 0.25) is 0 Å². The van der Waals surface area contributed by atoms with E-state index >= 15 is 0 Å². The monoisotopic (exact) mass is 435 g/mol. The van der Waals surface area contributed by atoms with Crippen LogP contribution in [0, 0.1) is 17.7 Å². The Morgan fingerprint density at radius 2 is 1.94 bits per heavy atom. The molecule has 0 amide bonds. The summed E-state index contributed by atoms with van der Waals surface area (Å²) < 4.78 is 68.1. The molecule has 2 aromatic heterocycles. The molecule has 2 heterocycles.